The van der Waals surface area contributed by atoms with Crippen molar-refractivity contribution in [3.63, 3.8) is 0 Å². The number of nitrogens with zero attached hydrogens (tertiary/aromatic N) is 1. The average molecular weight is 280 g/mol. The molecule has 0 bridgehead atoms. The zero-order valence-corrected chi connectivity index (χ0v) is 12.0. The van der Waals surface area contributed by atoms with Crippen molar-refractivity contribution in [2.75, 3.05) is 19.6 Å². The third-order valence-corrected chi connectivity index (χ3v) is 3.95. The van der Waals surface area contributed by atoms with Crippen molar-refractivity contribution < 1.29 is 13.2 Å². The van der Waals surface area contributed by atoms with Gasteiger partial charge in [-0.1, -0.05) is 13.8 Å². The van der Waals surface area contributed by atoms with E-state index in [0.717, 1.165) is 32.1 Å². The Kier molecular flexibility index (Phi) is 6.60. The van der Waals surface area contributed by atoms with Gasteiger partial charge in [0.2, 0.25) is 0 Å². The highest BCUT2D eigenvalue weighted by Crippen LogP contribution is 2.31. The zero-order chi connectivity index (χ0) is 14.5. The van der Waals surface area contributed by atoms with Crippen LogP contribution >= 0.6 is 0 Å². The van der Waals surface area contributed by atoms with Crippen LogP contribution in [0.25, 0.3) is 0 Å². The van der Waals surface area contributed by atoms with Crippen LogP contribution in [0.2, 0.25) is 0 Å². The third kappa shape index (κ3) is 7.16. The molecule has 114 valence electrons. The molecule has 1 rings (SSSR count). The van der Waals surface area contributed by atoms with Crippen molar-refractivity contribution >= 4 is 0 Å². The highest BCUT2D eigenvalue weighted by atomic mass is 19.4. The van der Waals surface area contributed by atoms with Crippen molar-refractivity contribution in [2.24, 2.45) is 17.6 Å². The summed E-state index contributed by atoms with van der Waals surface area (Å²) >= 11 is 0. The zero-order valence-electron chi connectivity index (χ0n) is 12.0. The second kappa shape index (κ2) is 7.48. The molecule has 1 aliphatic carbocycles. The summed E-state index contributed by atoms with van der Waals surface area (Å²) in [6, 6.07) is 0.175. The van der Waals surface area contributed by atoms with Gasteiger partial charge in [0.15, 0.2) is 0 Å². The van der Waals surface area contributed by atoms with Gasteiger partial charge in [-0.15, -0.1) is 0 Å². The number of halogens is 3. The standard InChI is InChI=1S/C14H27F3N2/c1-11(2)12(7-8-18)4-3-9-19(13-5-6-13)10-14(15,16)17/h11-13H,3-10,18H2,1-2H3. The van der Waals surface area contributed by atoms with Crippen molar-refractivity contribution in [1.29, 1.82) is 0 Å². The van der Waals surface area contributed by atoms with Crippen LogP contribution in [0.15, 0.2) is 0 Å². The van der Waals surface area contributed by atoms with Crippen molar-refractivity contribution in [2.45, 2.75) is 58.2 Å². The number of hydrogen-bond donors (Lipinski definition) is 1. The van der Waals surface area contributed by atoms with Crippen LogP contribution in [0.4, 0.5) is 13.2 Å². The Bertz CT molecular complexity index is 250. The second-order valence-corrected chi connectivity index (χ2v) is 6.04. The maximum Gasteiger partial charge on any atom is 0.401 e. The molecule has 5 heteroatoms. The maximum atomic E-state index is 12.5. The normalized spacial score (nSPS) is 18.3. The van der Waals surface area contributed by atoms with Gasteiger partial charge >= 0.3 is 6.18 Å². The van der Waals surface area contributed by atoms with Crippen LogP contribution in [0.3, 0.4) is 0 Å². The molecule has 0 aliphatic heterocycles. The summed E-state index contributed by atoms with van der Waals surface area (Å²) in [5, 5.41) is 0. The first-order valence-corrected chi connectivity index (χ1v) is 7.34. The Hall–Kier alpha value is -0.290. The molecule has 0 saturated heterocycles. The van der Waals surface area contributed by atoms with Gasteiger partial charge in [-0.05, 0) is 57.0 Å². The maximum absolute atomic E-state index is 12.5. The molecule has 1 aliphatic rings. The molecular formula is C14H27F3N2. The molecule has 0 aromatic carbocycles. The molecule has 1 fully saturated rings. The van der Waals surface area contributed by atoms with Gasteiger partial charge in [0.05, 0.1) is 6.54 Å². The molecular weight excluding hydrogens is 253 g/mol. The Morgan fingerprint density at radius 2 is 1.84 bits per heavy atom. The van der Waals surface area contributed by atoms with E-state index >= 15 is 0 Å². The van der Waals surface area contributed by atoms with E-state index in [1.807, 2.05) is 0 Å². The third-order valence-electron chi connectivity index (χ3n) is 3.95. The van der Waals surface area contributed by atoms with E-state index in [1.54, 1.807) is 4.90 Å². The van der Waals surface area contributed by atoms with E-state index in [9.17, 15) is 13.2 Å². The summed E-state index contributed by atoms with van der Waals surface area (Å²) in [5.74, 6) is 1.09. The van der Waals surface area contributed by atoms with Gasteiger partial charge in [0, 0.05) is 6.04 Å². The first kappa shape index (κ1) is 16.8. The van der Waals surface area contributed by atoms with E-state index in [4.69, 9.17) is 5.73 Å². The predicted octanol–water partition coefficient (Wildman–Crippen LogP) is 3.41. The summed E-state index contributed by atoms with van der Waals surface area (Å²) in [4.78, 5) is 1.61. The summed E-state index contributed by atoms with van der Waals surface area (Å²) in [5.41, 5.74) is 5.58. The minimum Gasteiger partial charge on any atom is -0.330 e. The quantitative estimate of drug-likeness (QED) is 0.701. The Morgan fingerprint density at radius 3 is 2.26 bits per heavy atom. The molecule has 1 atom stereocenters. The summed E-state index contributed by atoms with van der Waals surface area (Å²) in [7, 11) is 0. The van der Waals surface area contributed by atoms with E-state index in [2.05, 4.69) is 13.8 Å². The minimum atomic E-state index is -4.07. The first-order valence-electron chi connectivity index (χ1n) is 7.34. The smallest absolute Gasteiger partial charge is 0.330 e. The monoisotopic (exact) mass is 280 g/mol. The van der Waals surface area contributed by atoms with Crippen LogP contribution in [-0.4, -0.2) is 36.8 Å². The molecule has 1 unspecified atom stereocenters. The lowest BCUT2D eigenvalue weighted by molar-refractivity contribution is -0.147. The van der Waals surface area contributed by atoms with Crippen LogP contribution in [0, 0.1) is 11.8 Å². The Balaban J connectivity index is 2.31. The van der Waals surface area contributed by atoms with E-state index in [-0.39, 0.29) is 6.04 Å². The molecule has 0 radical (unpaired) electrons. The number of hydrogen-bond acceptors (Lipinski definition) is 2. The molecule has 0 aromatic rings. The number of rotatable bonds is 9. The Labute approximate surface area is 114 Å². The van der Waals surface area contributed by atoms with E-state index in [1.165, 1.54) is 0 Å². The lowest BCUT2D eigenvalue weighted by Crippen LogP contribution is -2.36. The van der Waals surface area contributed by atoms with Crippen LogP contribution < -0.4 is 5.73 Å². The van der Waals surface area contributed by atoms with Gasteiger partial charge in [-0.3, -0.25) is 4.90 Å². The van der Waals surface area contributed by atoms with Crippen molar-refractivity contribution in [3.05, 3.63) is 0 Å². The number of alkyl halides is 3. The number of nitrogens with two attached hydrogens (primary N) is 1. The van der Waals surface area contributed by atoms with Crippen molar-refractivity contribution in [1.82, 2.24) is 4.90 Å². The lowest BCUT2D eigenvalue weighted by atomic mass is 9.88. The molecule has 0 spiro atoms. The molecule has 2 nitrogen and oxygen atoms in total. The molecule has 0 heterocycles. The minimum absolute atomic E-state index is 0.175. The summed E-state index contributed by atoms with van der Waals surface area (Å²) in [6.07, 6.45) is 0.571. The fraction of sp³-hybridized carbons (Fsp3) is 1.00. The molecule has 1 saturated carbocycles. The molecule has 0 amide bonds. The van der Waals surface area contributed by atoms with Crippen LogP contribution in [0.5, 0.6) is 0 Å². The lowest BCUT2D eigenvalue weighted by Gasteiger charge is -2.25. The molecule has 2 N–H and O–H groups in total. The topological polar surface area (TPSA) is 29.3 Å². The largest absolute Gasteiger partial charge is 0.401 e. The SMILES string of the molecule is CC(C)C(CCN)CCCN(CC(F)(F)F)C1CC1. The van der Waals surface area contributed by atoms with Gasteiger partial charge in [0.25, 0.3) is 0 Å². The summed E-state index contributed by atoms with van der Waals surface area (Å²) < 4.78 is 37.4. The van der Waals surface area contributed by atoms with Gasteiger partial charge in [0.1, 0.15) is 0 Å². The van der Waals surface area contributed by atoms with E-state index in [0.29, 0.717) is 24.9 Å². The average Bonchev–Trinajstić information content (AvgIpc) is 3.08. The Morgan fingerprint density at radius 1 is 1.21 bits per heavy atom. The molecule has 19 heavy (non-hydrogen) atoms. The first-order chi connectivity index (χ1) is 8.83. The van der Waals surface area contributed by atoms with Gasteiger partial charge in [-0.2, -0.15) is 13.2 Å². The second-order valence-electron chi connectivity index (χ2n) is 6.04. The highest BCUT2D eigenvalue weighted by molar-refractivity contribution is 4.85. The van der Waals surface area contributed by atoms with Crippen LogP contribution in [-0.2, 0) is 0 Å². The molecule has 0 aromatic heterocycles. The fourth-order valence-electron chi connectivity index (χ4n) is 2.64. The predicted molar refractivity (Wildman–Crippen MR) is 71.9 cm³/mol. The van der Waals surface area contributed by atoms with E-state index < -0.39 is 12.7 Å². The fourth-order valence-corrected chi connectivity index (χ4v) is 2.64. The highest BCUT2D eigenvalue weighted by Gasteiger charge is 2.37. The summed E-state index contributed by atoms with van der Waals surface area (Å²) in [6.45, 7) is 4.81. The van der Waals surface area contributed by atoms with Gasteiger partial charge < -0.3 is 5.73 Å². The van der Waals surface area contributed by atoms with Gasteiger partial charge in [-0.25, -0.2) is 0 Å². The van der Waals surface area contributed by atoms with Crippen LogP contribution in [0.1, 0.15) is 46.0 Å². The van der Waals surface area contributed by atoms with Crippen molar-refractivity contribution in [3.8, 4) is 0 Å².